The van der Waals surface area contributed by atoms with Crippen LogP contribution < -0.4 is 0 Å². The monoisotopic (exact) mass is 502 g/mol. The molecule has 36 heavy (non-hydrogen) atoms. The smallest absolute Gasteiger partial charge is 0.434 e. The molecule has 0 N–H and O–H groups in total. The summed E-state index contributed by atoms with van der Waals surface area (Å²) in [5, 5.41) is 0.693. The van der Waals surface area contributed by atoms with Gasteiger partial charge in [0.25, 0.3) is 6.23 Å². The fraction of sp³-hybridized carbons (Fsp3) is 0.400. The molecule has 1 spiro atoms. The Morgan fingerprint density at radius 2 is 1.50 bits per heavy atom. The van der Waals surface area contributed by atoms with Crippen molar-refractivity contribution in [1.82, 2.24) is 9.96 Å². The van der Waals surface area contributed by atoms with Crippen molar-refractivity contribution >= 4 is 18.0 Å². The van der Waals surface area contributed by atoms with Crippen LogP contribution in [-0.4, -0.2) is 66.1 Å². The molecule has 0 aliphatic carbocycles. The van der Waals surface area contributed by atoms with E-state index in [-0.39, 0.29) is 11.6 Å². The highest BCUT2D eigenvalue weighted by molar-refractivity contribution is 6.30. The van der Waals surface area contributed by atoms with Crippen LogP contribution in [0.15, 0.2) is 48.5 Å². The van der Waals surface area contributed by atoms with Crippen molar-refractivity contribution in [2.24, 2.45) is 0 Å². The molecule has 3 aliphatic rings. The van der Waals surface area contributed by atoms with E-state index in [0.29, 0.717) is 50.6 Å². The number of hydrogen-bond donors (Lipinski definition) is 0. The summed E-state index contributed by atoms with van der Waals surface area (Å²) in [6, 6.07) is 12.0. The van der Waals surface area contributed by atoms with Crippen molar-refractivity contribution in [2.45, 2.75) is 37.2 Å². The Bertz CT molecular complexity index is 1090. The average Bonchev–Trinajstić information content (AvgIpc) is 3.12. The number of fused-ring (bicyclic) bond motifs is 2. The third kappa shape index (κ3) is 4.76. The number of nitrogens with zero attached hydrogens (tertiary/aromatic N) is 2. The fourth-order valence-corrected chi connectivity index (χ4v) is 4.75. The largest absolute Gasteiger partial charge is 0.447 e. The highest BCUT2D eigenvalue weighted by Crippen LogP contribution is 2.41. The first-order chi connectivity index (χ1) is 17.3. The minimum Gasteiger partial charge on any atom is -0.434 e. The lowest BCUT2D eigenvalue weighted by molar-refractivity contribution is -0.251. The summed E-state index contributed by atoms with van der Waals surface area (Å²) < 4.78 is 43.5. The molecular weight excluding hydrogens is 478 g/mol. The highest BCUT2D eigenvalue weighted by Gasteiger charge is 2.62. The molecule has 1 atom stereocenters. The molecular formula is C25H24F2N2O7. The number of likely N-dealkylation sites (tertiary alicyclic amines) is 1. The number of amides is 1. The zero-order chi connectivity index (χ0) is 25.3. The first-order valence-corrected chi connectivity index (χ1v) is 11.6. The number of piperidine rings is 1. The van der Waals surface area contributed by atoms with E-state index < -0.39 is 36.0 Å². The quantitative estimate of drug-likeness (QED) is 0.324. The average molecular weight is 502 g/mol. The summed E-state index contributed by atoms with van der Waals surface area (Å²) in [4.78, 5) is 42.1. The van der Waals surface area contributed by atoms with Gasteiger partial charge in [0.2, 0.25) is 0 Å². The lowest BCUT2D eigenvalue weighted by atomic mass is 9.89. The summed E-state index contributed by atoms with van der Waals surface area (Å²) in [6.45, 7) is 2.25. The second-order valence-corrected chi connectivity index (χ2v) is 8.94. The van der Waals surface area contributed by atoms with Gasteiger partial charge in [-0.05, 0) is 41.8 Å². The number of rotatable bonds is 7. The molecule has 2 aromatic rings. The van der Waals surface area contributed by atoms with Gasteiger partial charge >= 0.3 is 18.0 Å². The van der Waals surface area contributed by atoms with E-state index in [1.807, 2.05) is 0 Å². The minimum absolute atomic E-state index is 0.350. The van der Waals surface area contributed by atoms with E-state index >= 15 is 0 Å². The highest BCUT2D eigenvalue weighted by atomic mass is 19.1. The number of esters is 1. The van der Waals surface area contributed by atoms with Crippen LogP contribution in [0, 0.1) is 11.6 Å². The topological polar surface area (TPSA) is 94.6 Å². The van der Waals surface area contributed by atoms with Crippen molar-refractivity contribution in [2.75, 3.05) is 26.2 Å². The molecule has 0 aromatic heterocycles. The summed E-state index contributed by atoms with van der Waals surface area (Å²) in [6.07, 6.45) is -0.918. The van der Waals surface area contributed by atoms with Crippen molar-refractivity contribution in [3.05, 3.63) is 71.3 Å². The zero-order valence-corrected chi connectivity index (χ0v) is 19.2. The van der Waals surface area contributed by atoms with Crippen LogP contribution >= 0.6 is 0 Å². The molecule has 3 aliphatic heterocycles. The van der Waals surface area contributed by atoms with Crippen molar-refractivity contribution in [3.63, 3.8) is 0 Å². The van der Waals surface area contributed by atoms with Crippen LogP contribution in [0.25, 0.3) is 0 Å². The Morgan fingerprint density at radius 1 is 0.917 bits per heavy atom. The molecule has 11 heteroatoms. The van der Waals surface area contributed by atoms with Gasteiger partial charge in [-0.3, -0.25) is 0 Å². The molecule has 0 bridgehead atoms. The molecule has 0 saturated carbocycles. The van der Waals surface area contributed by atoms with E-state index in [0.717, 1.165) is 11.1 Å². The Labute approximate surface area is 205 Å². The Kier molecular flexibility index (Phi) is 6.59. The number of ether oxygens (including phenoxy) is 3. The molecule has 2 aromatic carbocycles. The zero-order valence-electron chi connectivity index (χ0n) is 19.2. The molecule has 3 heterocycles. The number of hydrogen-bond acceptors (Lipinski definition) is 8. The van der Waals surface area contributed by atoms with Gasteiger partial charge in [0, 0.05) is 39.1 Å². The number of hydroxylamine groups is 2. The lowest BCUT2D eigenvalue weighted by Crippen LogP contribution is -2.57. The summed E-state index contributed by atoms with van der Waals surface area (Å²) in [7, 11) is 0. The molecule has 1 unspecified atom stereocenters. The van der Waals surface area contributed by atoms with E-state index in [1.165, 1.54) is 24.3 Å². The SMILES string of the molecule is O=C1OC2N(OC1=O)C(=O)OC21CCN(CCCOC(c2ccc(F)cc2)c2ccc(F)cc2)CC1. The predicted octanol–water partition coefficient (Wildman–Crippen LogP) is 3.09. The van der Waals surface area contributed by atoms with Crippen LogP contribution in [0.3, 0.4) is 0 Å². The van der Waals surface area contributed by atoms with Gasteiger partial charge in [0.15, 0.2) is 5.60 Å². The Hall–Kier alpha value is -3.57. The van der Waals surface area contributed by atoms with E-state index in [9.17, 15) is 23.2 Å². The van der Waals surface area contributed by atoms with Crippen LogP contribution in [-0.2, 0) is 28.6 Å². The maximum Gasteiger partial charge on any atom is 0.447 e. The maximum atomic E-state index is 13.4. The van der Waals surface area contributed by atoms with E-state index in [4.69, 9.17) is 19.0 Å². The molecule has 3 fully saturated rings. The predicted molar refractivity (Wildman–Crippen MR) is 118 cm³/mol. The van der Waals surface area contributed by atoms with Gasteiger partial charge in [-0.25, -0.2) is 23.2 Å². The first kappa shape index (κ1) is 24.1. The summed E-state index contributed by atoms with van der Waals surface area (Å²) in [5.41, 5.74) is 0.466. The first-order valence-electron chi connectivity index (χ1n) is 11.6. The molecule has 5 rings (SSSR count). The maximum absolute atomic E-state index is 13.4. The molecule has 9 nitrogen and oxygen atoms in total. The van der Waals surface area contributed by atoms with Gasteiger partial charge in [-0.15, -0.1) is 0 Å². The van der Waals surface area contributed by atoms with E-state index in [1.54, 1.807) is 24.3 Å². The van der Waals surface area contributed by atoms with Gasteiger partial charge in [-0.2, -0.15) is 0 Å². The Morgan fingerprint density at radius 3 is 2.08 bits per heavy atom. The van der Waals surface area contributed by atoms with Crippen molar-refractivity contribution < 1.29 is 42.2 Å². The molecule has 3 saturated heterocycles. The standard InChI is InChI=1S/C25H24F2N2O7/c26-18-6-2-16(3-7-18)20(17-4-8-19(27)9-5-17)33-15-1-12-28-13-10-25(11-14-28)23-29(24(32)35-25)36-22(31)21(30)34-23/h2-9,20,23H,1,10-15H2. The summed E-state index contributed by atoms with van der Waals surface area (Å²) in [5.74, 6) is -3.10. The van der Waals surface area contributed by atoms with Crippen molar-refractivity contribution in [1.29, 1.82) is 0 Å². The van der Waals surface area contributed by atoms with E-state index in [2.05, 4.69) is 4.90 Å². The van der Waals surface area contributed by atoms with Gasteiger partial charge in [-0.1, -0.05) is 29.3 Å². The Balaban J connectivity index is 1.15. The lowest BCUT2D eigenvalue weighted by Gasteiger charge is -2.40. The number of carbonyl (C=O) groups is 3. The van der Waals surface area contributed by atoms with Gasteiger partial charge in [0.05, 0.1) is 0 Å². The normalized spacial score (nSPS) is 21.4. The van der Waals surface area contributed by atoms with Gasteiger partial charge in [0.1, 0.15) is 17.7 Å². The number of carbonyl (C=O) groups excluding carboxylic acids is 3. The fourth-order valence-electron chi connectivity index (χ4n) is 4.75. The summed E-state index contributed by atoms with van der Waals surface area (Å²) >= 11 is 0. The second kappa shape index (κ2) is 9.82. The molecule has 1 amide bonds. The number of benzene rings is 2. The van der Waals surface area contributed by atoms with Crippen LogP contribution in [0.5, 0.6) is 0 Å². The minimum atomic E-state index is -1.25. The third-order valence-corrected chi connectivity index (χ3v) is 6.65. The van der Waals surface area contributed by atoms with Gasteiger partial charge < -0.3 is 23.9 Å². The second-order valence-electron chi connectivity index (χ2n) is 8.94. The molecule has 190 valence electrons. The van der Waals surface area contributed by atoms with Crippen molar-refractivity contribution in [3.8, 4) is 0 Å². The van der Waals surface area contributed by atoms with Crippen LogP contribution in [0.2, 0.25) is 0 Å². The van der Waals surface area contributed by atoms with Crippen LogP contribution in [0.4, 0.5) is 13.6 Å². The number of halogens is 2. The molecule has 0 radical (unpaired) electrons. The third-order valence-electron chi connectivity index (χ3n) is 6.65. The van der Waals surface area contributed by atoms with Crippen LogP contribution in [0.1, 0.15) is 36.5 Å².